The van der Waals surface area contributed by atoms with Gasteiger partial charge in [-0.25, -0.2) is 19.7 Å². The maximum absolute atomic E-state index is 13.4. The summed E-state index contributed by atoms with van der Waals surface area (Å²) in [5, 5.41) is 12.0. The monoisotopic (exact) mass is 637 g/mol. The van der Waals surface area contributed by atoms with Gasteiger partial charge in [-0.3, -0.25) is 4.79 Å². The average molecular weight is 638 g/mol. The summed E-state index contributed by atoms with van der Waals surface area (Å²) in [5.41, 5.74) is 2.36. The topological polar surface area (TPSA) is 128 Å². The molecule has 0 saturated heterocycles. The molecule has 10 nitrogen and oxygen atoms in total. The normalized spacial score (nSPS) is 17.0. The fourth-order valence-corrected chi connectivity index (χ4v) is 7.34. The van der Waals surface area contributed by atoms with Crippen LogP contribution >= 0.6 is 0 Å². The van der Waals surface area contributed by atoms with Crippen LogP contribution < -0.4 is 10.1 Å². The summed E-state index contributed by atoms with van der Waals surface area (Å²) in [6, 6.07) is 8.39. The largest absolute Gasteiger partial charge is 0.465 e. The maximum atomic E-state index is 13.4. The van der Waals surface area contributed by atoms with Crippen LogP contribution in [0.4, 0.5) is 13.6 Å². The summed E-state index contributed by atoms with van der Waals surface area (Å²) in [4.78, 5) is 37.8. The number of hydrogen-bond donors (Lipinski definition) is 2. The number of benzene rings is 2. The molecule has 0 bridgehead atoms. The molecule has 2 atom stereocenters. The zero-order valence-electron chi connectivity index (χ0n) is 26.3. The minimum atomic E-state index is -3.12. The number of nitrogens with zero attached hydrogens (tertiary/aromatic N) is 4. The van der Waals surface area contributed by atoms with Gasteiger partial charge in [0.25, 0.3) is 0 Å². The van der Waals surface area contributed by atoms with Crippen molar-refractivity contribution in [1.29, 1.82) is 0 Å². The number of imidazole rings is 1. The van der Waals surface area contributed by atoms with Crippen molar-refractivity contribution in [2.45, 2.75) is 83.5 Å². The number of ether oxygens (including phenoxy) is 1. The predicted molar refractivity (Wildman–Crippen MR) is 167 cm³/mol. The number of fused-ring (bicyclic) bond motifs is 3. The molecule has 3 heterocycles. The predicted octanol–water partition coefficient (Wildman–Crippen LogP) is 7.47. The van der Waals surface area contributed by atoms with Gasteiger partial charge >= 0.3 is 12.7 Å². The van der Waals surface area contributed by atoms with Gasteiger partial charge in [-0.1, -0.05) is 39.0 Å². The van der Waals surface area contributed by atoms with Gasteiger partial charge in [0.15, 0.2) is 20.4 Å². The van der Waals surface area contributed by atoms with Crippen molar-refractivity contribution in [3.05, 3.63) is 71.6 Å². The number of nitrogens with one attached hydrogen (secondary N) is 1. The Balaban J connectivity index is 1.58. The number of amides is 1. The SMILES string of the molecule is CC(C)(O[Si](C)(C)C(C)(C)C)c1ncc(-c2ccc3nc4n(c3c2)[C@@H](c2c(C=O)cccc2OC(F)F)C[C@H]4NC(=O)O)cn1. The number of aromatic nitrogens is 4. The smallest absolute Gasteiger partial charge is 0.405 e. The summed E-state index contributed by atoms with van der Waals surface area (Å²) >= 11 is 0. The number of rotatable bonds is 9. The highest BCUT2D eigenvalue weighted by Crippen LogP contribution is 2.46. The number of alkyl halides is 2. The Kier molecular flexibility index (Phi) is 8.30. The van der Waals surface area contributed by atoms with Crippen LogP contribution in [-0.4, -0.2) is 51.9 Å². The van der Waals surface area contributed by atoms with E-state index in [0.717, 1.165) is 11.1 Å². The Morgan fingerprint density at radius 2 is 1.80 bits per heavy atom. The van der Waals surface area contributed by atoms with Gasteiger partial charge in [0.05, 0.1) is 23.1 Å². The molecule has 1 amide bonds. The van der Waals surface area contributed by atoms with Gasteiger partial charge in [-0.2, -0.15) is 8.78 Å². The quantitative estimate of drug-likeness (QED) is 0.143. The van der Waals surface area contributed by atoms with E-state index in [1.54, 1.807) is 23.0 Å². The number of hydrogen-bond acceptors (Lipinski definition) is 7. The zero-order chi connectivity index (χ0) is 32.9. The molecule has 1 aliphatic heterocycles. The van der Waals surface area contributed by atoms with E-state index in [4.69, 9.17) is 14.1 Å². The first-order valence-electron chi connectivity index (χ1n) is 14.6. The Labute approximate surface area is 261 Å². The first-order valence-corrected chi connectivity index (χ1v) is 17.5. The summed E-state index contributed by atoms with van der Waals surface area (Å²) in [6.07, 6.45) is 2.91. The summed E-state index contributed by atoms with van der Waals surface area (Å²) in [7, 11) is -2.11. The Morgan fingerprint density at radius 1 is 1.11 bits per heavy atom. The van der Waals surface area contributed by atoms with E-state index in [-0.39, 0.29) is 28.3 Å². The van der Waals surface area contributed by atoms with Crippen LogP contribution in [0, 0.1) is 0 Å². The second-order valence-corrected chi connectivity index (χ2v) is 17.9. The molecule has 13 heteroatoms. The molecule has 0 spiro atoms. The molecule has 5 rings (SSSR count). The number of halogens is 2. The second-order valence-electron chi connectivity index (χ2n) is 13.2. The standard InChI is InChI=1S/C32H37F2N5O5Si/c1-31(2,3)45(6,7)44-32(4,5)28-35-15-20(16-36-28)18-11-12-21-23(13-18)39-24(14-22(27(39)37-21)38-30(41)42)26-19(17-40)9-8-10-25(26)43-29(33)34/h8-13,15-17,22,24,29,38H,14H2,1-7H3,(H,41,42)/t22-,24-/m1/s1. The van der Waals surface area contributed by atoms with E-state index in [1.807, 2.05) is 26.0 Å². The first kappa shape index (κ1) is 32.2. The maximum Gasteiger partial charge on any atom is 0.405 e. The lowest BCUT2D eigenvalue weighted by molar-refractivity contribution is -0.0507. The number of carbonyl (C=O) groups is 2. The lowest BCUT2D eigenvalue weighted by atomic mass is 9.96. The Hall–Kier alpha value is -4.23. The van der Waals surface area contributed by atoms with Crippen LogP contribution in [0.15, 0.2) is 48.8 Å². The molecule has 0 aliphatic carbocycles. The van der Waals surface area contributed by atoms with E-state index in [0.29, 0.717) is 29.0 Å². The van der Waals surface area contributed by atoms with Crippen molar-refractivity contribution in [2.75, 3.05) is 0 Å². The van der Waals surface area contributed by atoms with Gasteiger partial charge in [0.1, 0.15) is 17.2 Å². The third-order valence-corrected chi connectivity index (χ3v) is 13.3. The van der Waals surface area contributed by atoms with Crippen molar-refractivity contribution < 1.29 is 32.6 Å². The van der Waals surface area contributed by atoms with Crippen LogP contribution in [0.2, 0.25) is 18.1 Å². The van der Waals surface area contributed by atoms with E-state index >= 15 is 0 Å². The molecular weight excluding hydrogens is 600 g/mol. The van der Waals surface area contributed by atoms with Gasteiger partial charge < -0.3 is 24.2 Å². The molecule has 1 aliphatic rings. The number of carbonyl (C=O) groups excluding carboxylic acids is 1. The molecule has 0 saturated carbocycles. The summed E-state index contributed by atoms with van der Waals surface area (Å²) in [6.45, 7) is 11.7. The van der Waals surface area contributed by atoms with Crippen LogP contribution in [0.25, 0.3) is 22.2 Å². The van der Waals surface area contributed by atoms with Crippen molar-refractivity contribution in [1.82, 2.24) is 24.8 Å². The van der Waals surface area contributed by atoms with E-state index in [1.165, 1.54) is 18.2 Å². The molecule has 2 aromatic heterocycles. The van der Waals surface area contributed by atoms with E-state index in [2.05, 4.69) is 49.1 Å². The van der Waals surface area contributed by atoms with Crippen LogP contribution in [0.1, 0.15) is 80.7 Å². The number of carboxylic acid groups (broad SMARTS) is 1. The van der Waals surface area contributed by atoms with Crippen molar-refractivity contribution in [3.8, 4) is 16.9 Å². The fraction of sp³-hybridized carbons (Fsp3) is 0.406. The van der Waals surface area contributed by atoms with Crippen LogP contribution in [-0.2, 0) is 10.0 Å². The zero-order valence-corrected chi connectivity index (χ0v) is 27.3. The minimum absolute atomic E-state index is 0.0144. The van der Waals surface area contributed by atoms with Gasteiger partial charge in [0, 0.05) is 35.5 Å². The molecule has 0 fully saturated rings. The molecule has 2 aromatic carbocycles. The highest BCUT2D eigenvalue weighted by atomic mass is 28.4. The molecular formula is C32H37F2N5O5Si. The molecule has 45 heavy (non-hydrogen) atoms. The first-order chi connectivity index (χ1) is 21.0. The highest BCUT2D eigenvalue weighted by molar-refractivity contribution is 6.74. The van der Waals surface area contributed by atoms with Gasteiger partial charge in [-0.15, -0.1) is 0 Å². The van der Waals surface area contributed by atoms with Crippen molar-refractivity contribution in [2.24, 2.45) is 0 Å². The second kappa shape index (κ2) is 11.6. The molecule has 0 radical (unpaired) electrons. The van der Waals surface area contributed by atoms with Crippen molar-refractivity contribution >= 4 is 31.7 Å². The third-order valence-electron chi connectivity index (χ3n) is 8.71. The highest BCUT2D eigenvalue weighted by Gasteiger charge is 2.43. The fourth-order valence-electron chi connectivity index (χ4n) is 5.66. The minimum Gasteiger partial charge on any atom is -0.465 e. The summed E-state index contributed by atoms with van der Waals surface area (Å²) in [5.74, 6) is 0.794. The Morgan fingerprint density at radius 3 is 2.40 bits per heavy atom. The lowest BCUT2D eigenvalue weighted by Crippen LogP contribution is -2.46. The molecule has 238 valence electrons. The Bertz CT molecular complexity index is 1750. The van der Waals surface area contributed by atoms with Gasteiger partial charge in [0.2, 0.25) is 0 Å². The molecule has 0 unspecified atom stereocenters. The average Bonchev–Trinajstić information content (AvgIpc) is 3.48. The van der Waals surface area contributed by atoms with Crippen molar-refractivity contribution in [3.63, 3.8) is 0 Å². The third kappa shape index (κ3) is 6.18. The van der Waals surface area contributed by atoms with Crippen LogP contribution in [0.5, 0.6) is 5.75 Å². The summed E-state index contributed by atoms with van der Waals surface area (Å²) < 4.78 is 40.0. The van der Waals surface area contributed by atoms with E-state index < -0.39 is 38.7 Å². The van der Waals surface area contributed by atoms with Crippen LogP contribution in [0.3, 0.4) is 0 Å². The molecule has 2 N–H and O–H groups in total. The molecule has 4 aromatic rings. The number of aldehydes is 1. The van der Waals surface area contributed by atoms with E-state index in [9.17, 15) is 23.5 Å². The van der Waals surface area contributed by atoms with Gasteiger partial charge in [-0.05, 0) is 55.7 Å². The lowest BCUT2D eigenvalue weighted by Gasteiger charge is -2.42.